The molecule has 0 amide bonds. The van der Waals surface area contributed by atoms with E-state index in [4.69, 9.17) is 0 Å². The van der Waals surface area contributed by atoms with E-state index in [9.17, 15) is 0 Å². The van der Waals surface area contributed by atoms with Crippen molar-refractivity contribution in [2.24, 2.45) is 0 Å². The van der Waals surface area contributed by atoms with Gasteiger partial charge in [0, 0.05) is 6.54 Å². The van der Waals surface area contributed by atoms with Crippen LogP contribution in [0.2, 0.25) is 0 Å². The average molecular weight is 143 g/mol. The Morgan fingerprint density at radius 1 is 1.56 bits per heavy atom. The van der Waals surface area contributed by atoms with Gasteiger partial charge in [-0.25, -0.2) is 0 Å². The molecular weight excluding hydrogens is 134 g/mol. The van der Waals surface area contributed by atoms with Crippen LogP contribution in [0.4, 0.5) is 5.82 Å². The summed E-state index contributed by atoms with van der Waals surface area (Å²) in [6.45, 7) is 4.90. The molecule has 0 spiro atoms. The lowest BCUT2D eigenvalue weighted by atomic mass is 10.5. The minimum absolute atomic E-state index is 0.909. The van der Waals surface area contributed by atoms with Crippen LogP contribution < -0.4 is 5.32 Å². The minimum Gasteiger partial charge on any atom is -0.368 e. The smallest absolute Gasteiger partial charge is 0.162 e. The number of aromatic nitrogens is 2. The maximum Gasteiger partial charge on any atom is 0.162 e. The molecule has 50 valence electrons. The highest BCUT2D eigenvalue weighted by molar-refractivity contribution is 6.99. The molecule has 1 aromatic heterocycles. The van der Waals surface area contributed by atoms with Crippen molar-refractivity contribution in [1.29, 1.82) is 0 Å². The molecule has 0 aromatic carbocycles. The number of nitrogens with zero attached hydrogens (tertiary/aromatic N) is 2. The molecule has 0 unspecified atom stereocenters. The fourth-order valence-corrected chi connectivity index (χ4v) is 1.09. The summed E-state index contributed by atoms with van der Waals surface area (Å²) in [6, 6.07) is 0. The molecule has 0 aliphatic rings. The molecular formula is C5H9N3S. The van der Waals surface area contributed by atoms with Crippen molar-refractivity contribution >= 4 is 17.5 Å². The highest BCUT2D eigenvalue weighted by Gasteiger charge is 1.97. The van der Waals surface area contributed by atoms with Gasteiger partial charge in [-0.3, -0.25) is 0 Å². The summed E-state index contributed by atoms with van der Waals surface area (Å²) in [4.78, 5) is 0. The number of rotatable bonds is 2. The standard InChI is InChI=1S/C5H9N3S/c1-3-6-5-4(2)7-9-8-5/h3H2,1-2H3,(H,6,8). The Kier molecular flexibility index (Phi) is 2.00. The van der Waals surface area contributed by atoms with Crippen LogP contribution in [-0.2, 0) is 0 Å². The third-order valence-electron chi connectivity index (χ3n) is 0.997. The SMILES string of the molecule is CCNc1nsnc1C. The number of aryl methyl sites for hydroxylation is 1. The first kappa shape index (κ1) is 6.48. The maximum atomic E-state index is 4.02. The summed E-state index contributed by atoms with van der Waals surface area (Å²) >= 11 is 1.24. The van der Waals surface area contributed by atoms with E-state index in [-0.39, 0.29) is 0 Å². The van der Waals surface area contributed by atoms with Crippen molar-refractivity contribution in [2.75, 3.05) is 11.9 Å². The average Bonchev–Trinajstić information content (AvgIpc) is 2.18. The Morgan fingerprint density at radius 2 is 2.33 bits per heavy atom. The zero-order valence-electron chi connectivity index (χ0n) is 5.51. The van der Waals surface area contributed by atoms with E-state index >= 15 is 0 Å². The molecule has 3 nitrogen and oxygen atoms in total. The van der Waals surface area contributed by atoms with Crippen LogP contribution in [0, 0.1) is 6.92 Å². The number of anilines is 1. The van der Waals surface area contributed by atoms with Crippen molar-refractivity contribution < 1.29 is 0 Å². The van der Waals surface area contributed by atoms with E-state index < -0.39 is 0 Å². The first-order valence-corrected chi connectivity index (χ1v) is 3.60. The van der Waals surface area contributed by atoms with Crippen LogP contribution in [0.3, 0.4) is 0 Å². The Morgan fingerprint density at radius 3 is 2.78 bits per heavy atom. The molecule has 1 heterocycles. The van der Waals surface area contributed by atoms with Gasteiger partial charge in [-0.1, -0.05) is 0 Å². The van der Waals surface area contributed by atoms with Gasteiger partial charge < -0.3 is 5.32 Å². The lowest BCUT2D eigenvalue weighted by Crippen LogP contribution is -1.97. The summed E-state index contributed by atoms with van der Waals surface area (Å²) < 4.78 is 8.03. The Bertz CT molecular complexity index is 184. The van der Waals surface area contributed by atoms with Gasteiger partial charge in [0.2, 0.25) is 0 Å². The zero-order chi connectivity index (χ0) is 6.69. The van der Waals surface area contributed by atoms with Crippen LogP contribution in [0.25, 0.3) is 0 Å². The second kappa shape index (κ2) is 2.77. The zero-order valence-corrected chi connectivity index (χ0v) is 6.33. The first-order chi connectivity index (χ1) is 4.34. The molecule has 1 aromatic rings. The normalized spacial score (nSPS) is 9.56. The van der Waals surface area contributed by atoms with Gasteiger partial charge in [0.05, 0.1) is 17.4 Å². The van der Waals surface area contributed by atoms with Crippen molar-refractivity contribution in [3.8, 4) is 0 Å². The van der Waals surface area contributed by atoms with Gasteiger partial charge in [0.25, 0.3) is 0 Å². The van der Waals surface area contributed by atoms with Crippen LogP contribution >= 0.6 is 11.7 Å². The van der Waals surface area contributed by atoms with E-state index in [0.717, 1.165) is 18.1 Å². The quantitative estimate of drug-likeness (QED) is 0.677. The fraction of sp³-hybridized carbons (Fsp3) is 0.600. The molecule has 1 N–H and O–H groups in total. The van der Waals surface area contributed by atoms with Gasteiger partial charge in [-0.05, 0) is 13.8 Å². The lowest BCUT2D eigenvalue weighted by molar-refractivity contribution is 1.17. The van der Waals surface area contributed by atoms with Crippen LogP contribution in [0.15, 0.2) is 0 Å². The van der Waals surface area contributed by atoms with Crippen LogP contribution in [-0.4, -0.2) is 15.3 Å². The van der Waals surface area contributed by atoms with Gasteiger partial charge in [0.15, 0.2) is 5.82 Å². The number of hydrogen-bond donors (Lipinski definition) is 1. The molecule has 0 saturated heterocycles. The largest absolute Gasteiger partial charge is 0.368 e. The number of nitrogens with one attached hydrogen (secondary N) is 1. The molecule has 0 atom stereocenters. The monoisotopic (exact) mass is 143 g/mol. The lowest BCUT2D eigenvalue weighted by Gasteiger charge is -1.94. The second-order valence-electron chi connectivity index (χ2n) is 1.73. The minimum atomic E-state index is 0.909. The Labute approximate surface area is 58.4 Å². The molecule has 4 heteroatoms. The highest BCUT2D eigenvalue weighted by Crippen LogP contribution is 2.08. The summed E-state index contributed by atoms with van der Waals surface area (Å²) in [5.41, 5.74) is 0.988. The van der Waals surface area contributed by atoms with E-state index in [2.05, 4.69) is 14.1 Å². The summed E-state index contributed by atoms with van der Waals surface area (Å²) in [6.07, 6.45) is 0. The molecule has 0 radical (unpaired) electrons. The first-order valence-electron chi connectivity index (χ1n) is 2.87. The highest BCUT2D eigenvalue weighted by atomic mass is 32.1. The predicted octanol–water partition coefficient (Wildman–Crippen LogP) is 1.28. The molecule has 0 fully saturated rings. The molecule has 9 heavy (non-hydrogen) atoms. The van der Waals surface area contributed by atoms with E-state index in [0.29, 0.717) is 0 Å². The molecule has 0 aliphatic heterocycles. The summed E-state index contributed by atoms with van der Waals surface area (Å²) in [5, 5.41) is 3.09. The summed E-state index contributed by atoms with van der Waals surface area (Å²) in [5.74, 6) is 0.919. The van der Waals surface area contributed by atoms with Crippen LogP contribution in [0.5, 0.6) is 0 Å². The van der Waals surface area contributed by atoms with Gasteiger partial charge in [-0.15, -0.1) is 0 Å². The third-order valence-corrected chi connectivity index (χ3v) is 1.62. The molecule has 0 aliphatic carbocycles. The van der Waals surface area contributed by atoms with E-state index in [1.165, 1.54) is 11.7 Å². The Hall–Kier alpha value is -0.640. The second-order valence-corrected chi connectivity index (χ2v) is 2.26. The predicted molar refractivity (Wildman–Crippen MR) is 38.8 cm³/mol. The molecule has 0 bridgehead atoms. The topological polar surface area (TPSA) is 37.8 Å². The van der Waals surface area contributed by atoms with Crippen molar-refractivity contribution in [3.05, 3.63) is 5.69 Å². The summed E-state index contributed by atoms with van der Waals surface area (Å²) in [7, 11) is 0. The fourth-order valence-electron chi connectivity index (χ4n) is 0.559. The van der Waals surface area contributed by atoms with Gasteiger partial charge >= 0.3 is 0 Å². The van der Waals surface area contributed by atoms with Gasteiger partial charge in [0.1, 0.15) is 0 Å². The molecule has 1 rings (SSSR count). The molecule has 0 saturated carbocycles. The van der Waals surface area contributed by atoms with E-state index in [1.54, 1.807) is 0 Å². The van der Waals surface area contributed by atoms with Crippen molar-refractivity contribution in [2.45, 2.75) is 13.8 Å². The van der Waals surface area contributed by atoms with Crippen LogP contribution in [0.1, 0.15) is 12.6 Å². The van der Waals surface area contributed by atoms with Crippen molar-refractivity contribution in [1.82, 2.24) is 8.75 Å². The van der Waals surface area contributed by atoms with Crippen molar-refractivity contribution in [3.63, 3.8) is 0 Å². The number of hydrogen-bond acceptors (Lipinski definition) is 4. The van der Waals surface area contributed by atoms with E-state index in [1.807, 2.05) is 13.8 Å². The maximum absolute atomic E-state index is 4.02. The third kappa shape index (κ3) is 1.38. The Balaban J connectivity index is 2.69. The van der Waals surface area contributed by atoms with Gasteiger partial charge in [-0.2, -0.15) is 8.75 Å².